The second kappa shape index (κ2) is 10.2. The number of benzene rings is 2. The Morgan fingerprint density at radius 2 is 1.84 bits per heavy atom. The summed E-state index contributed by atoms with van der Waals surface area (Å²) in [5.74, 6) is 1.37. The van der Waals surface area contributed by atoms with Crippen LogP contribution in [0.1, 0.15) is 31.7 Å². The predicted molar refractivity (Wildman–Crippen MR) is 122 cm³/mol. The summed E-state index contributed by atoms with van der Waals surface area (Å²) in [6.45, 7) is 5.33. The van der Waals surface area contributed by atoms with E-state index in [-0.39, 0.29) is 24.1 Å². The SMILES string of the molecule is CCC(C)N(CC(=O)N(C)Cc1ccc(OC)cc1)Cc1nc2ccccc2c(=O)[nH]1. The summed E-state index contributed by atoms with van der Waals surface area (Å²) < 4.78 is 5.19. The van der Waals surface area contributed by atoms with Gasteiger partial charge in [0.15, 0.2) is 0 Å². The quantitative estimate of drug-likeness (QED) is 0.573. The number of para-hydroxylation sites is 1. The van der Waals surface area contributed by atoms with Crippen molar-refractivity contribution in [2.24, 2.45) is 0 Å². The summed E-state index contributed by atoms with van der Waals surface area (Å²) in [6.07, 6.45) is 0.882. The van der Waals surface area contributed by atoms with E-state index in [1.807, 2.05) is 42.5 Å². The van der Waals surface area contributed by atoms with Crippen molar-refractivity contribution in [3.63, 3.8) is 0 Å². The third-order valence-corrected chi connectivity index (χ3v) is 5.57. The number of aromatic amines is 1. The van der Waals surface area contributed by atoms with Gasteiger partial charge in [0, 0.05) is 19.6 Å². The maximum atomic E-state index is 12.9. The zero-order valence-electron chi connectivity index (χ0n) is 18.6. The zero-order chi connectivity index (χ0) is 22.4. The Hall–Kier alpha value is -3.19. The van der Waals surface area contributed by atoms with Crippen molar-refractivity contribution < 1.29 is 9.53 Å². The topological polar surface area (TPSA) is 78.5 Å². The fourth-order valence-corrected chi connectivity index (χ4v) is 3.42. The number of ether oxygens (including phenoxy) is 1. The Bertz CT molecular complexity index is 1080. The first-order valence-electron chi connectivity index (χ1n) is 10.5. The van der Waals surface area contributed by atoms with Crippen molar-refractivity contribution in [3.8, 4) is 5.75 Å². The molecule has 1 aromatic heterocycles. The van der Waals surface area contributed by atoms with Crippen LogP contribution in [0.4, 0.5) is 0 Å². The normalized spacial score (nSPS) is 12.2. The lowest BCUT2D eigenvalue weighted by molar-refractivity contribution is -0.132. The smallest absolute Gasteiger partial charge is 0.258 e. The Morgan fingerprint density at radius 3 is 2.52 bits per heavy atom. The highest BCUT2D eigenvalue weighted by atomic mass is 16.5. The van der Waals surface area contributed by atoms with Crippen molar-refractivity contribution in [3.05, 3.63) is 70.3 Å². The largest absolute Gasteiger partial charge is 0.497 e. The van der Waals surface area contributed by atoms with Gasteiger partial charge in [-0.25, -0.2) is 4.98 Å². The van der Waals surface area contributed by atoms with Gasteiger partial charge >= 0.3 is 0 Å². The van der Waals surface area contributed by atoms with Gasteiger partial charge < -0.3 is 14.6 Å². The highest BCUT2D eigenvalue weighted by molar-refractivity contribution is 5.78. The molecule has 0 aliphatic heterocycles. The monoisotopic (exact) mass is 422 g/mol. The van der Waals surface area contributed by atoms with Crippen LogP contribution < -0.4 is 10.3 Å². The van der Waals surface area contributed by atoms with Crippen molar-refractivity contribution in [1.82, 2.24) is 19.8 Å². The molecule has 0 saturated heterocycles. The van der Waals surface area contributed by atoms with Crippen LogP contribution in [-0.2, 0) is 17.9 Å². The average Bonchev–Trinajstić information content (AvgIpc) is 2.78. The molecular weight excluding hydrogens is 392 g/mol. The number of nitrogens with one attached hydrogen (secondary N) is 1. The predicted octanol–water partition coefficient (Wildman–Crippen LogP) is 3.19. The van der Waals surface area contributed by atoms with Crippen LogP contribution in [0.5, 0.6) is 5.75 Å². The third kappa shape index (κ3) is 5.70. The number of hydrogen-bond donors (Lipinski definition) is 1. The van der Waals surface area contributed by atoms with E-state index in [2.05, 4.69) is 28.7 Å². The molecule has 1 unspecified atom stereocenters. The van der Waals surface area contributed by atoms with Crippen molar-refractivity contribution in [2.45, 2.75) is 39.4 Å². The average molecular weight is 423 g/mol. The molecule has 31 heavy (non-hydrogen) atoms. The van der Waals surface area contributed by atoms with Gasteiger partial charge in [-0.2, -0.15) is 0 Å². The lowest BCUT2D eigenvalue weighted by Crippen LogP contribution is -2.42. The van der Waals surface area contributed by atoms with Crippen molar-refractivity contribution in [2.75, 3.05) is 20.7 Å². The summed E-state index contributed by atoms with van der Waals surface area (Å²) in [5.41, 5.74) is 1.54. The molecule has 7 nitrogen and oxygen atoms in total. The zero-order valence-corrected chi connectivity index (χ0v) is 18.6. The number of methoxy groups -OCH3 is 1. The molecule has 164 valence electrons. The number of nitrogens with zero attached hydrogens (tertiary/aromatic N) is 3. The molecule has 0 radical (unpaired) electrons. The first kappa shape index (κ1) is 22.5. The first-order valence-corrected chi connectivity index (χ1v) is 10.5. The maximum Gasteiger partial charge on any atom is 0.258 e. The molecule has 0 saturated carbocycles. The summed E-state index contributed by atoms with van der Waals surface area (Å²) in [5, 5.41) is 0.566. The van der Waals surface area contributed by atoms with E-state index in [1.165, 1.54) is 0 Å². The minimum Gasteiger partial charge on any atom is -0.497 e. The Morgan fingerprint density at radius 1 is 1.13 bits per heavy atom. The number of hydrogen-bond acceptors (Lipinski definition) is 5. The number of likely N-dealkylation sites (N-methyl/N-ethyl adjacent to an activating group) is 1. The van der Waals surface area contributed by atoms with Crippen LogP contribution in [0.2, 0.25) is 0 Å². The van der Waals surface area contributed by atoms with E-state index < -0.39 is 0 Å². The van der Waals surface area contributed by atoms with Crippen LogP contribution in [-0.4, -0.2) is 52.4 Å². The van der Waals surface area contributed by atoms with E-state index in [1.54, 1.807) is 25.1 Å². The summed E-state index contributed by atoms with van der Waals surface area (Å²) in [7, 11) is 3.43. The first-order chi connectivity index (χ1) is 14.9. The number of rotatable bonds is 9. The van der Waals surface area contributed by atoms with Crippen LogP contribution in [0.3, 0.4) is 0 Å². The fraction of sp³-hybridized carbons (Fsp3) is 0.375. The molecule has 1 N–H and O–H groups in total. The Balaban J connectivity index is 1.71. The molecule has 3 rings (SSSR count). The van der Waals surface area contributed by atoms with Gasteiger partial charge in [0.2, 0.25) is 5.91 Å². The van der Waals surface area contributed by atoms with Crippen molar-refractivity contribution in [1.29, 1.82) is 0 Å². The van der Waals surface area contributed by atoms with Gasteiger partial charge in [0.1, 0.15) is 11.6 Å². The second-order valence-electron chi connectivity index (χ2n) is 7.79. The standard InChI is InChI=1S/C24H30N4O3/c1-5-17(2)28(15-22-25-21-9-7-6-8-20(21)24(30)26-22)16-23(29)27(3)14-18-10-12-19(31-4)13-11-18/h6-13,17H,5,14-16H2,1-4H3,(H,25,26,30). The molecule has 0 bridgehead atoms. The molecule has 0 fully saturated rings. The lowest BCUT2D eigenvalue weighted by Gasteiger charge is -2.29. The van der Waals surface area contributed by atoms with E-state index >= 15 is 0 Å². The number of H-pyrrole nitrogens is 1. The lowest BCUT2D eigenvalue weighted by atomic mass is 10.2. The Kier molecular flexibility index (Phi) is 7.41. The van der Waals surface area contributed by atoms with Gasteiger partial charge in [-0.15, -0.1) is 0 Å². The van der Waals surface area contributed by atoms with Gasteiger partial charge in [0.05, 0.1) is 31.1 Å². The van der Waals surface area contributed by atoms with E-state index in [0.717, 1.165) is 17.7 Å². The van der Waals surface area contributed by atoms with E-state index in [0.29, 0.717) is 29.8 Å². The van der Waals surface area contributed by atoms with Gasteiger partial charge in [-0.1, -0.05) is 31.2 Å². The number of carbonyl (C=O) groups excluding carboxylic acids is 1. The molecule has 0 aliphatic carbocycles. The highest BCUT2D eigenvalue weighted by Gasteiger charge is 2.20. The molecule has 2 aromatic carbocycles. The molecule has 1 atom stereocenters. The number of carbonyl (C=O) groups is 1. The summed E-state index contributed by atoms with van der Waals surface area (Å²) in [6, 6.07) is 15.1. The van der Waals surface area contributed by atoms with Crippen LogP contribution in [0.15, 0.2) is 53.3 Å². The maximum absolute atomic E-state index is 12.9. The van der Waals surface area contributed by atoms with Gasteiger partial charge in [-0.3, -0.25) is 14.5 Å². The van der Waals surface area contributed by atoms with E-state index in [4.69, 9.17) is 4.74 Å². The highest BCUT2D eigenvalue weighted by Crippen LogP contribution is 2.14. The second-order valence-corrected chi connectivity index (χ2v) is 7.79. The van der Waals surface area contributed by atoms with Gasteiger partial charge in [0.25, 0.3) is 5.56 Å². The molecule has 7 heteroatoms. The molecule has 1 heterocycles. The van der Waals surface area contributed by atoms with Crippen LogP contribution in [0.25, 0.3) is 10.9 Å². The summed E-state index contributed by atoms with van der Waals surface area (Å²) >= 11 is 0. The van der Waals surface area contributed by atoms with Crippen molar-refractivity contribution >= 4 is 16.8 Å². The number of amides is 1. The van der Waals surface area contributed by atoms with E-state index in [9.17, 15) is 9.59 Å². The molecule has 1 amide bonds. The number of aromatic nitrogens is 2. The van der Waals surface area contributed by atoms with Gasteiger partial charge in [-0.05, 0) is 43.2 Å². The molecule has 0 spiro atoms. The minimum absolute atomic E-state index is 0.0132. The molecule has 3 aromatic rings. The molecular formula is C24H30N4O3. The Labute approximate surface area is 182 Å². The minimum atomic E-state index is -0.160. The molecule has 0 aliphatic rings. The number of fused-ring (bicyclic) bond motifs is 1. The third-order valence-electron chi connectivity index (χ3n) is 5.57. The van der Waals surface area contributed by atoms with Crippen LogP contribution in [0, 0.1) is 0 Å². The summed E-state index contributed by atoms with van der Waals surface area (Å²) in [4.78, 5) is 36.6. The fourth-order valence-electron chi connectivity index (χ4n) is 3.42. The van der Waals surface area contributed by atoms with Crippen LogP contribution >= 0.6 is 0 Å².